The van der Waals surface area contributed by atoms with Crippen LogP contribution in [0.15, 0.2) is 82.0 Å². The lowest BCUT2D eigenvalue weighted by Crippen LogP contribution is -2.20. The number of carbonyl (C=O) groups is 1. The monoisotopic (exact) mass is 419 g/mol. The largest absolute Gasteiger partial charge is 0.484 e. The van der Waals surface area contributed by atoms with Gasteiger partial charge in [0, 0.05) is 6.07 Å². The molecular weight excluding hydrogens is 401 g/mol. The van der Waals surface area contributed by atoms with Crippen molar-refractivity contribution in [3.8, 4) is 17.2 Å². The Balaban J connectivity index is 1.50. The lowest BCUT2D eigenvalue weighted by molar-refractivity contribution is -0.118. The minimum atomic E-state index is -0.535. The van der Waals surface area contributed by atoms with Crippen LogP contribution in [0.2, 0.25) is 0 Å². The molecule has 0 fully saturated rings. The number of hydrogen-bond donors (Lipinski definition) is 1. The molecule has 0 saturated heterocycles. The van der Waals surface area contributed by atoms with E-state index in [1.165, 1.54) is 24.3 Å². The Bertz CT molecular complexity index is 1300. The van der Waals surface area contributed by atoms with Crippen LogP contribution in [0.5, 0.6) is 17.2 Å². The number of anilines is 1. The maximum absolute atomic E-state index is 13.6. The first-order chi connectivity index (χ1) is 15.0. The molecule has 0 spiro atoms. The number of carbonyl (C=O) groups excluding carboxylic acids is 1. The standard InChI is InChI=1S/C24H18FNO5/c1-15-24(31-16-7-3-2-4-8-16)23(28)18-12-11-17(13-21(18)30-15)29-14-22(27)26-20-10-6-5-9-19(20)25/h2-13H,14H2,1H3,(H,26,27). The predicted octanol–water partition coefficient (Wildman–Crippen LogP) is 5.05. The van der Waals surface area contributed by atoms with Gasteiger partial charge < -0.3 is 19.2 Å². The van der Waals surface area contributed by atoms with E-state index >= 15 is 0 Å². The second kappa shape index (κ2) is 8.71. The topological polar surface area (TPSA) is 77.8 Å². The SMILES string of the molecule is Cc1oc2cc(OCC(=O)Nc3ccccc3F)ccc2c(=O)c1Oc1ccccc1. The van der Waals surface area contributed by atoms with E-state index in [1.54, 1.807) is 49.4 Å². The fraction of sp³-hybridized carbons (Fsp3) is 0.0833. The van der Waals surface area contributed by atoms with Gasteiger partial charge in [0.1, 0.15) is 28.7 Å². The van der Waals surface area contributed by atoms with Crippen LogP contribution in [-0.4, -0.2) is 12.5 Å². The summed E-state index contributed by atoms with van der Waals surface area (Å²) in [5.41, 5.74) is 0.0588. The summed E-state index contributed by atoms with van der Waals surface area (Å²) in [6.07, 6.45) is 0. The van der Waals surface area contributed by atoms with E-state index < -0.39 is 11.7 Å². The molecule has 0 atom stereocenters. The van der Waals surface area contributed by atoms with Gasteiger partial charge in [-0.05, 0) is 43.3 Å². The van der Waals surface area contributed by atoms with Gasteiger partial charge in [-0.25, -0.2) is 4.39 Å². The van der Waals surface area contributed by atoms with Crippen LogP contribution in [0.3, 0.4) is 0 Å². The van der Waals surface area contributed by atoms with Crippen LogP contribution in [0.4, 0.5) is 10.1 Å². The molecule has 31 heavy (non-hydrogen) atoms. The van der Waals surface area contributed by atoms with E-state index in [-0.39, 0.29) is 23.5 Å². The van der Waals surface area contributed by atoms with Crippen LogP contribution in [0, 0.1) is 12.7 Å². The minimum Gasteiger partial charge on any atom is -0.484 e. The highest BCUT2D eigenvalue weighted by Crippen LogP contribution is 2.27. The number of nitrogens with one attached hydrogen (secondary N) is 1. The van der Waals surface area contributed by atoms with E-state index in [2.05, 4.69) is 5.32 Å². The van der Waals surface area contributed by atoms with Crippen LogP contribution in [0.1, 0.15) is 5.76 Å². The third-order valence-electron chi connectivity index (χ3n) is 4.47. The van der Waals surface area contributed by atoms with Crippen molar-refractivity contribution in [2.24, 2.45) is 0 Å². The second-order valence-electron chi connectivity index (χ2n) is 6.71. The molecule has 3 aromatic carbocycles. The molecule has 6 nitrogen and oxygen atoms in total. The van der Waals surface area contributed by atoms with Crippen LogP contribution in [-0.2, 0) is 4.79 Å². The maximum Gasteiger partial charge on any atom is 0.262 e. The van der Waals surface area contributed by atoms with Gasteiger partial charge in [-0.15, -0.1) is 0 Å². The number of rotatable bonds is 6. The Labute approximate surface area is 176 Å². The minimum absolute atomic E-state index is 0.0715. The molecule has 0 aliphatic carbocycles. The second-order valence-corrected chi connectivity index (χ2v) is 6.71. The number of aryl methyl sites for hydroxylation is 1. The predicted molar refractivity (Wildman–Crippen MR) is 114 cm³/mol. The highest BCUT2D eigenvalue weighted by atomic mass is 19.1. The van der Waals surface area contributed by atoms with Crippen molar-refractivity contribution in [2.75, 3.05) is 11.9 Å². The molecule has 7 heteroatoms. The lowest BCUT2D eigenvalue weighted by Gasteiger charge is -2.10. The lowest BCUT2D eigenvalue weighted by atomic mass is 10.2. The van der Waals surface area contributed by atoms with Crippen molar-refractivity contribution >= 4 is 22.6 Å². The molecule has 0 aliphatic rings. The summed E-state index contributed by atoms with van der Waals surface area (Å²) < 4.78 is 30.5. The average molecular weight is 419 g/mol. The number of halogens is 1. The van der Waals surface area contributed by atoms with Gasteiger partial charge in [0.15, 0.2) is 6.61 Å². The summed E-state index contributed by atoms with van der Waals surface area (Å²) in [6, 6.07) is 19.4. The zero-order chi connectivity index (χ0) is 21.8. The number of para-hydroxylation sites is 2. The van der Waals surface area contributed by atoms with E-state index in [1.807, 2.05) is 6.07 Å². The van der Waals surface area contributed by atoms with Gasteiger partial charge in [0.05, 0.1) is 11.1 Å². The van der Waals surface area contributed by atoms with Crippen molar-refractivity contribution in [3.05, 3.63) is 94.6 Å². The maximum atomic E-state index is 13.6. The number of fused-ring (bicyclic) bond motifs is 1. The Morgan fingerprint density at radius 1 is 1.00 bits per heavy atom. The molecular formula is C24H18FNO5. The van der Waals surface area contributed by atoms with Crippen LogP contribution in [0.25, 0.3) is 11.0 Å². The fourth-order valence-electron chi connectivity index (χ4n) is 2.98. The van der Waals surface area contributed by atoms with Crippen molar-refractivity contribution < 1.29 is 23.1 Å². The van der Waals surface area contributed by atoms with Gasteiger partial charge in [-0.1, -0.05) is 30.3 Å². The number of ether oxygens (including phenoxy) is 2. The number of benzene rings is 3. The average Bonchev–Trinajstić information content (AvgIpc) is 2.77. The Morgan fingerprint density at radius 3 is 2.52 bits per heavy atom. The smallest absolute Gasteiger partial charge is 0.262 e. The molecule has 0 unspecified atom stereocenters. The summed E-state index contributed by atoms with van der Waals surface area (Å²) in [4.78, 5) is 24.9. The molecule has 1 aromatic heterocycles. The molecule has 4 aromatic rings. The van der Waals surface area contributed by atoms with Crippen molar-refractivity contribution in [1.29, 1.82) is 0 Å². The zero-order valence-corrected chi connectivity index (χ0v) is 16.6. The van der Waals surface area contributed by atoms with Gasteiger partial charge in [-0.3, -0.25) is 9.59 Å². The number of amides is 1. The summed E-state index contributed by atoms with van der Waals surface area (Å²) in [6.45, 7) is 1.30. The van der Waals surface area contributed by atoms with E-state index in [9.17, 15) is 14.0 Å². The Morgan fingerprint density at radius 2 is 1.74 bits per heavy atom. The Hall–Kier alpha value is -4.13. The van der Waals surface area contributed by atoms with Crippen molar-refractivity contribution in [3.63, 3.8) is 0 Å². The zero-order valence-electron chi connectivity index (χ0n) is 16.6. The summed E-state index contributed by atoms with van der Waals surface area (Å²) in [7, 11) is 0. The molecule has 1 N–H and O–H groups in total. The van der Waals surface area contributed by atoms with E-state index in [4.69, 9.17) is 13.9 Å². The molecule has 1 heterocycles. The Kier molecular flexibility index (Phi) is 5.66. The molecule has 156 valence electrons. The molecule has 1 amide bonds. The van der Waals surface area contributed by atoms with Crippen LogP contribution >= 0.6 is 0 Å². The van der Waals surface area contributed by atoms with Gasteiger partial charge in [-0.2, -0.15) is 0 Å². The number of hydrogen-bond acceptors (Lipinski definition) is 5. The molecule has 0 saturated carbocycles. The third-order valence-corrected chi connectivity index (χ3v) is 4.47. The third kappa shape index (κ3) is 4.56. The van der Waals surface area contributed by atoms with Crippen LogP contribution < -0.4 is 20.2 Å². The molecule has 4 rings (SSSR count). The van der Waals surface area contributed by atoms with Crippen molar-refractivity contribution in [2.45, 2.75) is 6.92 Å². The molecule has 0 radical (unpaired) electrons. The first-order valence-corrected chi connectivity index (χ1v) is 9.49. The van der Waals surface area contributed by atoms with Gasteiger partial charge in [0.2, 0.25) is 11.2 Å². The first-order valence-electron chi connectivity index (χ1n) is 9.49. The van der Waals surface area contributed by atoms with E-state index in [0.717, 1.165) is 0 Å². The fourth-order valence-corrected chi connectivity index (χ4v) is 2.98. The molecule has 0 bridgehead atoms. The normalized spacial score (nSPS) is 10.6. The summed E-state index contributed by atoms with van der Waals surface area (Å²) in [5, 5.41) is 2.76. The highest BCUT2D eigenvalue weighted by molar-refractivity contribution is 5.92. The van der Waals surface area contributed by atoms with E-state index in [0.29, 0.717) is 28.2 Å². The van der Waals surface area contributed by atoms with Crippen molar-refractivity contribution in [1.82, 2.24) is 0 Å². The highest BCUT2D eigenvalue weighted by Gasteiger charge is 2.15. The summed E-state index contributed by atoms with van der Waals surface area (Å²) >= 11 is 0. The van der Waals surface area contributed by atoms with Gasteiger partial charge >= 0.3 is 0 Å². The quantitative estimate of drug-likeness (QED) is 0.473. The summed E-state index contributed by atoms with van der Waals surface area (Å²) in [5.74, 6) is 0.225. The molecule has 0 aliphatic heterocycles. The first kappa shape index (κ1) is 20.2. The van der Waals surface area contributed by atoms with Gasteiger partial charge in [0.25, 0.3) is 5.91 Å².